The summed E-state index contributed by atoms with van der Waals surface area (Å²) in [5, 5.41) is 7.37. The molecule has 1 aliphatic rings. The highest BCUT2D eigenvalue weighted by Crippen LogP contribution is 2.40. The van der Waals surface area contributed by atoms with Crippen molar-refractivity contribution in [1.82, 2.24) is 9.78 Å². The first-order valence-corrected chi connectivity index (χ1v) is 10.2. The first-order chi connectivity index (χ1) is 13.0. The van der Waals surface area contributed by atoms with Gasteiger partial charge in [-0.1, -0.05) is 15.9 Å². The van der Waals surface area contributed by atoms with Gasteiger partial charge in [0.2, 0.25) is 5.91 Å². The third kappa shape index (κ3) is 4.83. The van der Waals surface area contributed by atoms with Gasteiger partial charge in [-0.15, -0.1) is 0 Å². The molecule has 146 valence electrons. The van der Waals surface area contributed by atoms with E-state index in [9.17, 15) is 4.79 Å². The van der Waals surface area contributed by atoms with Crippen molar-refractivity contribution >= 4 is 27.7 Å². The molecule has 0 radical (unpaired) electrons. The van der Waals surface area contributed by atoms with Crippen LogP contribution in [0.1, 0.15) is 45.2 Å². The van der Waals surface area contributed by atoms with Gasteiger partial charge in [-0.25, -0.2) is 4.68 Å². The number of nitrogens with one attached hydrogen (secondary N) is 1. The summed E-state index contributed by atoms with van der Waals surface area (Å²) in [5.41, 5.74) is 0.848. The Morgan fingerprint density at radius 2 is 1.96 bits per heavy atom. The van der Waals surface area contributed by atoms with Crippen LogP contribution in [0.5, 0.6) is 11.5 Å². The van der Waals surface area contributed by atoms with Gasteiger partial charge in [0.15, 0.2) is 11.5 Å². The molecule has 0 saturated heterocycles. The molecule has 3 rings (SSSR count). The molecule has 27 heavy (non-hydrogen) atoms. The Bertz CT molecular complexity index is 802. The second kappa shape index (κ2) is 8.78. The standard InChI is InChI=1S/C20H26BrN3O3/c1-4-26-17-10-15(16(21)12-18(17)27-5-2)11-20(25)23-19-8-9-22-24(19)13(3)14-6-7-14/h8-10,12-14H,4-7,11H2,1-3H3,(H,23,25). The molecule has 0 spiro atoms. The van der Waals surface area contributed by atoms with Crippen LogP contribution < -0.4 is 14.8 Å². The fraction of sp³-hybridized carbons (Fsp3) is 0.500. The number of aromatic nitrogens is 2. The summed E-state index contributed by atoms with van der Waals surface area (Å²) in [6.45, 7) is 7.09. The van der Waals surface area contributed by atoms with Gasteiger partial charge in [0, 0.05) is 10.5 Å². The Balaban J connectivity index is 1.72. The maximum atomic E-state index is 12.6. The third-order valence-corrected chi connectivity index (χ3v) is 5.43. The predicted octanol–water partition coefficient (Wildman–Crippen LogP) is 4.60. The van der Waals surface area contributed by atoms with Crippen LogP contribution in [0, 0.1) is 5.92 Å². The summed E-state index contributed by atoms with van der Waals surface area (Å²) in [6, 6.07) is 5.87. The van der Waals surface area contributed by atoms with Gasteiger partial charge in [-0.05, 0) is 57.2 Å². The second-order valence-corrected chi connectivity index (χ2v) is 7.57. The normalized spacial score (nSPS) is 14.7. The summed E-state index contributed by atoms with van der Waals surface area (Å²) in [7, 11) is 0. The lowest BCUT2D eigenvalue weighted by molar-refractivity contribution is -0.115. The first kappa shape index (κ1) is 19.7. The summed E-state index contributed by atoms with van der Waals surface area (Å²) in [4.78, 5) is 12.6. The van der Waals surface area contributed by atoms with Crippen molar-refractivity contribution in [3.8, 4) is 11.5 Å². The number of benzene rings is 1. The lowest BCUT2D eigenvalue weighted by Crippen LogP contribution is -2.20. The van der Waals surface area contributed by atoms with E-state index in [0.717, 1.165) is 15.9 Å². The lowest BCUT2D eigenvalue weighted by Gasteiger charge is -2.16. The molecule has 1 N–H and O–H groups in total. The first-order valence-electron chi connectivity index (χ1n) is 9.44. The molecule has 1 unspecified atom stereocenters. The highest BCUT2D eigenvalue weighted by Gasteiger charge is 2.30. The highest BCUT2D eigenvalue weighted by atomic mass is 79.9. The number of ether oxygens (including phenoxy) is 2. The van der Waals surface area contributed by atoms with Crippen LogP contribution in [0.2, 0.25) is 0 Å². The monoisotopic (exact) mass is 435 g/mol. The van der Waals surface area contributed by atoms with Crippen LogP contribution in [0.4, 0.5) is 5.82 Å². The molecule has 1 amide bonds. The zero-order valence-corrected chi connectivity index (χ0v) is 17.6. The molecule has 0 bridgehead atoms. The van der Waals surface area contributed by atoms with Gasteiger partial charge in [0.1, 0.15) is 5.82 Å². The summed E-state index contributed by atoms with van der Waals surface area (Å²) in [6.07, 6.45) is 4.42. The zero-order chi connectivity index (χ0) is 19.4. The average Bonchev–Trinajstić information content (AvgIpc) is 3.38. The molecule has 7 heteroatoms. The molecular weight excluding hydrogens is 410 g/mol. The SMILES string of the molecule is CCOc1cc(Br)c(CC(=O)Nc2ccnn2C(C)C2CC2)cc1OCC. The van der Waals surface area contributed by atoms with Crippen molar-refractivity contribution in [2.75, 3.05) is 18.5 Å². The maximum absolute atomic E-state index is 12.6. The van der Waals surface area contributed by atoms with E-state index in [1.54, 1.807) is 6.20 Å². The van der Waals surface area contributed by atoms with Gasteiger partial charge in [-0.2, -0.15) is 5.10 Å². The molecule has 1 atom stereocenters. The summed E-state index contributed by atoms with van der Waals surface area (Å²) in [5.74, 6) is 2.64. The molecular formula is C20H26BrN3O3. The van der Waals surface area contributed by atoms with E-state index in [-0.39, 0.29) is 12.3 Å². The van der Waals surface area contributed by atoms with Gasteiger partial charge in [0.25, 0.3) is 0 Å². The van der Waals surface area contributed by atoms with Gasteiger partial charge < -0.3 is 14.8 Å². The predicted molar refractivity (Wildman–Crippen MR) is 108 cm³/mol. The largest absolute Gasteiger partial charge is 0.490 e. The van der Waals surface area contributed by atoms with Crippen molar-refractivity contribution in [3.63, 3.8) is 0 Å². The van der Waals surface area contributed by atoms with Crippen LogP contribution in [0.15, 0.2) is 28.9 Å². The van der Waals surface area contributed by atoms with E-state index in [2.05, 4.69) is 33.3 Å². The quantitative estimate of drug-likeness (QED) is 0.624. The van der Waals surface area contributed by atoms with Crippen molar-refractivity contribution in [2.45, 2.75) is 46.1 Å². The average molecular weight is 436 g/mol. The van der Waals surface area contributed by atoms with Crippen molar-refractivity contribution in [1.29, 1.82) is 0 Å². The second-order valence-electron chi connectivity index (χ2n) is 6.72. The number of anilines is 1. The van der Waals surface area contributed by atoms with E-state index in [1.807, 2.05) is 36.7 Å². The van der Waals surface area contributed by atoms with Crippen LogP contribution in [0.3, 0.4) is 0 Å². The smallest absolute Gasteiger partial charge is 0.229 e. The molecule has 2 aromatic rings. The molecule has 1 aromatic carbocycles. The Hall–Kier alpha value is -2.02. The topological polar surface area (TPSA) is 65.4 Å². The van der Waals surface area contributed by atoms with Gasteiger partial charge in [0.05, 0.1) is 31.9 Å². The zero-order valence-electron chi connectivity index (χ0n) is 16.0. The van der Waals surface area contributed by atoms with Crippen molar-refractivity contribution < 1.29 is 14.3 Å². The summed E-state index contributed by atoms with van der Waals surface area (Å²) >= 11 is 3.54. The fourth-order valence-corrected chi connectivity index (χ4v) is 3.59. The van der Waals surface area contributed by atoms with Crippen LogP contribution in [0.25, 0.3) is 0 Å². The van der Waals surface area contributed by atoms with E-state index < -0.39 is 0 Å². The number of amides is 1. The number of nitrogens with zero attached hydrogens (tertiary/aromatic N) is 2. The third-order valence-electron chi connectivity index (χ3n) is 4.69. The highest BCUT2D eigenvalue weighted by molar-refractivity contribution is 9.10. The number of hydrogen-bond acceptors (Lipinski definition) is 4. The van der Waals surface area contributed by atoms with Crippen molar-refractivity contribution in [3.05, 3.63) is 34.4 Å². The Kier molecular flexibility index (Phi) is 6.42. The number of hydrogen-bond donors (Lipinski definition) is 1. The minimum absolute atomic E-state index is 0.0907. The van der Waals surface area contributed by atoms with Crippen LogP contribution >= 0.6 is 15.9 Å². The molecule has 1 aromatic heterocycles. The molecule has 1 fully saturated rings. The van der Waals surface area contributed by atoms with E-state index in [0.29, 0.717) is 36.7 Å². The van der Waals surface area contributed by atoms with E-state index in [1.165, 1.54) is 12.8 Å². The number of carbonyl (C=O) groups excluding carboxylic acids is 1. The Morgan fingerprint density at radius 3 is 2.59 bits per heavy atom. The number of rotatable bonds is 9. The van der Waals surface area contributed by atoms with Crippen LogP contribution in [-0.2, 0) is 11.2 Å². The molecule has 1 heterocycles. The molecule has 6 nitrogen and oxygen atoms in total. The van der Waals surface area contributed by atoms with Crippen molar-refractivity contribution in [2.24, 2.45) is 5.92 Å². The molecule has 1 aliphatic carbocycles. The van der Waals surface area contributed by atoms with Gasteiger partial charge >= 0.3 is 0 Å². The van der Waals surface area contributed by atoms with E-state index >= 15 is 0 Å². The Morgan fingerprint density at radius 1 is 1.30 bits per heavy atom. The summed E-state index contributed by atoms with van der Waals surface area (Å²) < 4.78 is 14.0. The molecule has 1 saturated carbocycles. The maximum Gasteiger partial charge on any atom is 0.229 e. The van der Waals surface area contributed by atoms with Gasteiger partial charge in [-0.3, -0.25) is 4.79 Å². The number of halogens is 1. The Labute approximate surface area is 168 Å². The molecule has 0 aliphatic heterocycles. The lowest BCUT2D eigenvalue weighted by atomic mass is 10.1. The minimum atomic E-state index is -0.0907. The van der Waals surface area contributed by atoms with Crippen LogP contribution in [-0.4, -0.2) is 28.9 Å². The van der Waals surface area contributed by atoms with E-state index in [4.69, 9.17) is 9.47 Å². The number of carbonyl (C=O) groups is 1. The fourth-order valence-electron chi connectivity index (χ4n) is 3.13. The minimum Gasteiger partial charge on any atom is -0.490 e.